The monoisotopic (exact) mass is 255 g/mol. The Hall–Kier alpha value is -1.23. The predicted molar refractivity (Wildman–Crippen MR) is 68.6 cm³/mol. The zero-order valence-electron chi connectivity index (χ0n) is 10.5. The second-order valence-corrected chi connectivity index (χ2v) is 6.22. The SMILES string of the molecule is CCS(=O)(=O)/N=C1\C=C(C(C)C)C(=O)C=C1C. The molecule has 1 aliphatic rings. The van der Waals surface area contributed by atoms with Crippen molar-refractivity contribution in [2.45, 2.75) is 27.7 Å². The van der Waals surface area contributed by atoms with Gasteiger partial charge in [-0.05, 0) is 37.5 Å². The highest BCUT2D eigenvalue weighted by Crippen LogP contribution is 2.19. The lowest BCUT2D eigenvalue weighted by molar-refractivity contribution is -0.111. The number of hydrogen-bond acceptors (Lipinski definition) is 3. The molecule has 0 unspecified atom stereocenters. The van der Waals surface area contributed by atoms with Crippen LogP contribution in [-0.4, -0.2) is 25.7 Å². The summed E-state index contributed by atoms with van der Waals surface area (Å²) in [5.74, 6) is -0.0468. The Morgan fingerprint density at radius 3 is 2.35 bits per heavy atom. The molecule has 0 saturated heterocycles. The van der Waals surface area contributed by atoms with Crippen molar-refractivity contribution in [1.29, 1.82) is 0 Å². The summed E-state index contributed by atoms with van der Waals surface area (Å²) in [5, 5.41) is 0. The van der Waals surface area contributed by atoms with Crippen molar-refractivity contribution in [2.75, 3.05) is 5.75 Å². The van der Waals surface area contributed by atoms with Crippen LogP contribution in [0.5, 0.6) is 0 Å². The highest BCUT2D eigenvalue weighted by Gasteiger charge is 2.20. The molecule has 1 aliphatic carbocycles. The Morgan fingerprint density at radius 1 is 1.29 bits per heavy atom. The number of carbonyl (C=O) groups excluding carboxylic acids is 1. The van der Waals surface area contributed by atoms with E-state index in [1.807, 2.05) is 13.8 Å². The first kappa shape index (κ1) is 13.8. The number of allylic oxidation sites excluding steroid dienone is 4. The van der Waals surface area contributed by atoms with Crippen LogP contribution < -0.4 is 0 Å². The van der Waals surface area contributed by atoms with E-state index in [-0.39, 0.29) is 17.5 Å². The van der Waals surface area contributed by atoms with E-state index in [1.165, 1.54) is 6.08 Å². The van der Waals surface area contributed by atoms with E-state index in [4.69, 9.17) is 0 Å². The first-order valence-corrected chi connectivity index (χ1v) is 7.15. The fraction of sp³-hybridized carbons (Fsp3) is 0.500. The molecule has 0 aromatic carbocycles. The molecule has 0 saturated carbocycles. The van der Waals surface area contributed by atoms with Crippen molar-refractivity contribution in [3.05, 3.63) is 23.3 Å². The van der Waals surface area contributed by atoms with E-state index in [9.17, 15) is 13.2 Å². The van der Waals surface area contributed by atoms with Gasteiger partial charge in [-0.25, -0.2) is 8.42 Å². The molecule has 1 rings (SSSR count). The van der Waals surface area contributed by atoms with Gasteiger partial charge in [0.15, 0.2) is 5.78 Å². The minimum atomic E-state index is -3.43. The van der Waals surface area contributed by atoms with Gasteiger partial charge < -0.3 is 0 Å². The molecule has 0 atom stereocenters. The Balaban J connectivity index is 3.26. The van der Waals surface area contributed by atoms with E-state index in [0.29, 0.717) is 16.9 Å². The molecule has 94 valence electrons. The quantitative estimate of drug-likeness (QED) is 0.723. The highest BCUT2D eigenvalue weighted by molar-refractivity contribution is 7.90. The molecule has 0 heterocycles. The average Bonchev–Trinajstić information content (AvgIpc) is 2.21. The molecule has 0 aliphatic heterocycles. The van der Waals surface area contributed by atoms with E-state index in [1.54, 1.807) is 19.9 Å². The Morgan fingerprint density at radius 2 is 1.88 bits per heavy atom. The number of carbonyl (C=O) groups is 1. The van der Waals surface area contributed by atoms with Crippen LogP contribution in [0, 0.1) is 5.92 Å². The molecular weight excluding hydrogens is 238 g/mol. The number of sulfonamides is 1. The molecule has 0 N–H and O–H groups in total. The smallest absolute Gasteiger partial charge is 0.253 e. The van der Waals surface area contributed by atoms with Crippen molar-refractivity contribution in [2.24, 2.45) is 10.3 Å². The zero-order chi connectivity index (χ0) is 13.2. The fourth-order valence-electron chi connectivity index (χ4n) is 1.45. The molecule has 0 fully saturated rings. The van der Waals surface area contributed by atoms with Gasteiger partial charge in [-0.3, -0.25) is 4.79 Å². The third kappa shape index (κ3) is 3.36. The third-order valence-corrected chi connectivity index (χ3v) is 3.76. The molecule has 0 spiro atoms. The molecule has 17 heavy (non-hydrogen) atoms. The van der Waals surface area contributed by atoms with Gasteiger partial charge in [-0.2, -0.15) is 4.40 Å². The summed E-state index contributed by atoms with van der Waals surface area (Å²) in [4.78, 5) is 11.7. The zero-order valence-corrected chi connectivity index (χ0v) is 11.3. The number of rotatable bonds is 3. The Labute approximate surface area is 102 Å². The first-order chi connectivity index (χ1) is 7.76. The molecule has 0 aromatic heterocycles. The van der Waals surface area contributed by atoms with Crippen molar-refractivity contribution < 1.29 is 13.2 Å². The maximum Gasteiger partial charge on any atom is 0.253 e. The van der Waals surface area contributed by atoms with Gasteiger partial charge in [0.25, 0.3) is 10.0 Å². The second kappa shape index (κ2) is 4.96. The predicted octanol–water partition coefficient (Wildman–Crippen LogP) is 1.89. The summed E-state index contributed by atoms with van der Waals surface area (Å²) in [6.45, 7) is 7.02. The van der Waals surface area contributed by atoms with E-state index < -0.39 is 10.0 Å². The molecule has 0 radical (unpaired) electrons. The van der Waals surface area contributed by atoms with Crippen LogP contribution in [0.2, 0.25) is 0 Å². The van der Waals surface area contributed by atoms with Gasteiger partial charge in [0.2, 0.25) is 0 Å². The average molecular weight is 255 g/mol. The maximum atomic E-state index is 11.7. The van der Waals surface area contributed by atoms with Gasteiger partial charge in [-0.15, -0.1) is 0 Å². The highest BCUT2D eigenvalue weighted by atomic mass is 32.2. The molecule has 5 heteroatoms. The standard InChI is InChI=1S/C12H17NO3S/c1-5-17(15,16)13-11-7-10(8(2)3)12(14)6-9(11)4/h6-8H,5H2,1-4H3/b13-11+. The summed E-state index contributed by atoms with van der Waals surface area (Å²) in [7, 11) is -3.43. The summed E-state index contributed by atoms with van der Waals surface area (Å²) >= 11 is 0. The molecule has 0 amide bonds. The minimum Gasteiger partial charge on any atom is -0.290 e. The van der Waals surface area contributed by atoms with Crippen LogP contribution in [0.15, 0.2) is 27.7 Å². The summed E-state index contributed by atoms with van der Waals surface area (Å²) in [6.07, 6.45) is 3.02. The van der Waals surface area contributed by atoms with E-state index in [0.717, 1.165) is 0 Å². The van der Waals surface area contributed by atoms with Crippen LogP contribution in [0.4, 0.5) is 0 Å². The van der Waals surface area contributed by atoms with Crippen LogP contribution in [0.1, 0.15) is 27.7 Å². The van der Waals surface area contributed by atoms with Gasteiger partial charge in [-0.1, -0.05) is 13.8 Å². The first-order valence-electron chi connectivity index (χ1n) is 5.54. The van der Waals surface area contributed by atoms with E-state index >= 15 is 0 Å². The lowest BCUT2D eigenvalue weighted by atomic mass is 9.90. The van der Waals surface area contributed by atoms with Crippen LogP contribution >= 0.6 is 0 Å². The summed E-state index contributed by atoms with van der Waals surface area (Å²) in [5.41, 5.74) is 1.56. The van der Waals surface area contributed by atoms with Crippen molar-refractivity contribution in [3.63, 3.8) is 0 Å². The van der Waals surface area contributed by atoms with Gasteiger partial charge >= 0.3 is 0 Å². The lowest BCUT2D eigenvalue weighted by Gasteiger charge is -2.14. The largest absolute Gasteiger partial charge is 0.290 e. The normalized spacial score (nSPS) is 19.6. The van der Waals surface area contributed by atoms with Gasteiger partial charge in [0.1, 0.15) is 0 Å². The molecule has 0 aromatic rings. The van der Waals surface area contributed by atoms with Crippen molar-refractivity contribution >= 4 is 21.5 Å². The van der Waals surface area contributed by atoms with Gasteiger partial charge in [0.05, 0.1) is 11.5 Å². The minimum absolute atomic E-state index is 0.0391. The molecule has 4 nitrogen and oxygen atoms in total. The Kier molecular flexibility index (Phi) is 4.03. The number of nitrogens with zero attached hydrogens (tertiary/aromatic N) is 1. The number of hydrogen-bond donors (Lipinski definition) is 0. The summed E-state index contributed by atoms with van der Waals surface area (Å²) in [6, 6.07) is 0. The third-order valence-electron chi connectivity index (χ3n) is 2.55. The van der Waals surface area contributed by atoms with Crippen LogP contribution in [0.3, 0.4) is 0 Å². The maximum absolute atomic E-state index is 11.7. The number of ketones is 1. The molecule has 0 bridgehead atoms. The van der Waals surface area contributed by atoms with Crippen LogP contribution in [-0.2, 0) is 14.8 Å². The van der Waals surface area contributed by atoms with E-state index in [2.05, 4.69) is 4.40 Å². The van der Waals surface area contributed by atoms with Crippen molar-refractivity contribution in [1.82, 2.24) is 0 Å². The fourth-order valence-corrected chi connectivity index (χ4v) is 2.08. The van der Waals surface area contributed by atoms with Crippen LogP contribution in [0.25, 0.3) is 0 Å². The second-order valence-electron chi connectivity index (χ2n) is 4.29. The lowest BCUT2D eigenvalue weighted by Crippen LogP contribution is -2.17. The topological polar surface area (TPSA) is 63.6 Å². The summed E-state index contributed by atoms with van der Waals surface area (Å²) < 4.78 is 26.6. The van der Waals surface area contributed by atoms with Gasteiger partial charge in [0, 0.05) is 5.57 Å². The molecular formula is C12H17NO3S. The van der Waals surface area contributed by atoms with Crippen molar-refractivity contribution in [3.8, 4) is 0 Å². The Bertz CT molecular complexity index is 522.